The molecule has 0 atom stereocenters. The lowest BCUT2D eigenvalue weighted by Gasteiger charge is -2.14. The molecule has 0 saturated heterocycles. The fraction of sp³-hybridized carbons (Fsp3) is 0.100. The van der Waals surface area contributed by atoms with Gasteiger partial charge in [-0.25, -0.2) is 4.79 Å². The van der Waals surface area contributed by atoms with E-state index in [0.717, 1.165) is 0 Å². The van der Waals surface area contributed by atoms with E-state index in [4.69, 9.17) is 4.74 Å². The van der Waals surface area contributed by atoms with E-state index in [1.165, 1.54) is 22.3 Å². The molecular formula is C20H16N2O2. The molecule has 0 radical (unpaired) electrons. The number of ether oxygens (including phenoxy) is 1. The highest BCUT2D eigenvalue weighted by Gasteiger charge is 2.28. The van der Waals surface area contributed by atoms with E-state index >= 15 is 0 Å². The Bertz CT molecular complexity index is 832. The van der Waals surface area contributed by atoms with Gasteiger partial charge in [-0.05, 0) is 34.4 Å². The van der Waals surface area contributed by atoms with Crippen LogP contribution in [0.2, 0.25) is 0 Å². The number of anilines is 1. The highest BCUT2D eigenvalue weighted by Crippen LogP contribution is 2.44. The summed E-state index contributed by atoms with van der Waals surface area (Å²) in [7, 11) is 0. The van der Waals surface area contributed by atoms with Crippen LogP contribution >= 0.6 is 0 Å². The average molecular weight is 316 g/mol. The maximum Gasteiger partial charge on any atom is 0.411 e. The number of nitrogens with one attached hydrogen (secondary N) is 1. The van der Waals surface area contributed by atoms with Gasteiger partial charge in [0.2, 0.25) is 0 Å². The summed E-state index contributed by atoms with van der Waals surface area (Å²) in [5.41, 5.74) is 5.51. The first-order valence-corrected chi connectivity index (χ1v) is 7.85. The molecule has 4 nitrogen and oxygen atoms in total. The number of fused-ring (bicyclic) bond motifs is 3. The van der Waals surface area contributed by atoms with Crippen molar-refractivity contribution in [2.24, 2.45) is 0 Å². The van der Waals surface area contributed by atoms with Crippen LogP contribution in [0, 0.1) is 0 Å². The molecule has 4 rings (SSSR count). The van der Waals surface area contributed by atoms with E-state index in [0.29, 0.717) is 12.3 Å². The maximum atomic E-state index is 12.0. The summed E-state index contributed by atoms with van der Waals surface area (Å²) in [6, 6.07) is 20.0. The second-order valence-electron chi connectivity index (χ2n) is 5.69. The predicted octanol–water partition coefficient (Wildman–Crippen LogP) is 4.44. The SMILES string of the molecule is O=C(Nc1ccncc1)OCC1c2ccccc2-c2ccccc21. The Hall–Kier alpha value is -3.14. The van der Waals surface area contributed by atoms with Gasteiger partial charge in [-0.1, -0.05) is 48.5 Å². The molecule has 0 spiro atoms. The molecule has 0 bridgehead atoms. The third-order valence-corrected chi connectivity index (χ3v) is 4.27. The van der Waals surface area contributed by atoms with E-state index in [1.54, 1.807) is 24.5 Å². The summed E-state index contributed by atoms with van der Waals surface area (Å²) < 4.78 is 5.47. The van der Waals surface area contributed by atoms with Crippen molar-refractivity contribution >= 4 is 11.8 Å². The van der Waals surface area contributed by atoms with E-state index in [-0.39, 0.29) is 5.92 Å². The van der Waals surface area contributed by atoms with Crippen LogP contribution in [0.15, 0.2) is 73.1 Å². The molecular weight excluding hydrogens is 300 g/mol. The van der Waals surface area contributed by atoms with Crippen molar-refractivity contribution in [2.45, 2.75) is 5.92 Å². The Labute approximate surface area is 140 Å². The monoisotopic (exact) mass is 316 g/mol. The molecule has 24 heavy (non-hydrogen) atoms. The number of hydrogen-bond donors (Lipinski definition) is 1. The van der Waals surface area contributed by atoms with Gasteiger partial charge in [-0.3, -0.25) is 10.3 Å². The zero-order chi connectivity index (χ0) is 16.4. The van der Waals surface area contributed by atoms with E-state index in [2.05, 4.69) is 34.6 Å². The number of amides is 1. The molecule has 0 saturated carbocycles. The molecule has 0 unspecified atom stereocenters. The van der Waals surface area contributed by atoms with Gasteiger partial charge in [0, 0.05) is 24.0 Å². The first-order chi connectivity index (χ1) is 11.8. The first kappa shape index (κ1) is 14.5. The number of benzene rings is 2. The van der Waals surface area contributed by atoms with Gasteiger partial charge in [-0.2, -0.15) is 0 Å². The van der Waals surface area contributed by atoms with Crippen LogP contribution in [-0.4, -0.2) is 17.7 Å². The molecule has 2 aromatic carbocycles. The lowest BCUT2D eigenvalue weighted by atomic mass is 9.98. The smallest absolute Gasteiger partial charge is 0.411 e. The van der Waals surface area contributed by atoms with Crippen molar-refractivity contribution in [3.05, 3.63) is 84.2 Å². The van der Waals surface area contributed by atoms with Crippen molar-refractivity contribution in [3.8, 4) is 11.1 Å². The number of pyridine rings is 1. The summed E-state index contributed by atoms with van der Waals surface area (Å²) in [6.45, 7) is 0.310. The molecule has 3 aromatic rings. The zero-order valence-corrected chi connectivity index (χ0v) is 13.0. The topological polar surface area (TPSA) is 51.2 Å². The van der Waals surface area contributed by atoms with Crippen molar-refractivity contribution in [2.75, 3.05) is 11.9 Å². The number of carbonyl (C=O) groups excluding carboxylic acids is 1. The number of nitrogens with zero attached hydrogens (tertiary/aromatic N) is 1. The summed E-state index contributed by atoms with van der Waals surface area (Å²) in [6.07, 6.45) is 2.79. The van der Waals surface area contributed by atoms with Crippen LogP contribution in [0.5, 0.6) is 0 Å². The molecule has 1 amide bonds. The number of aromatic nitrogens is 1. The van der Waals surface area contributed by atoms with Crippen molar-refractivity contribution in [1.29, 1.82) is 0 Å². The van der Waals surface area contributed by atoms with Crippen LogP contribution in [0.4, 0.5) is 10.5 Å². The molecule has 118 valence electrons. The standard InChI is InChI=1S/C20H16N2O2/c23-20(22-14-9-11-21-12-10-14)24-13-19-17-7-3-1-5-15(17)16-6-2-4-8-18(16)19/h1-12,19H,13H2,(H,21,22,23). The second-order valence-corrected chi connectivity index (χ2v) is 5.69. The van der Waals surface area contributed by atoms with Crippen molar-refractivity contribution in [1.82, 2.24) is 4.98 Å². The summed E-state index contributed by atoms with van der Waals surface area (Å²) in [5.74, 6) is 0.0700. The lowest BCUT2D eigenvalue weighted by molar-refractivity contribution is 0.158. The lowest BCUT2D eigenvalue weighted by Crippen LogP contribution is -2.17. The fourth-order valence-corrected chi connectivity index (χ4v) is 3.19. The quantitative estimate of drug-likeness (QED) is 0.777. The molecule has 0 aliphatic heterocycles. The van der Waals surface area contributed by atoms with E-state index < -0.39 is 6.09 Å². The van der Waals surface area contributed by atoms with Crippen LogP contribution in [0.25, 0.3) is 11.1 Å². The van der Waals surface area contributed by atoms with Crippen LogP contribution in [0.1, 0.15) is 17.0 Å². The maximum absolute atomic E-state index is 12.0. The summed E-state index contributed by atoms with van der Waals surface area (Å²) in [4.78, 5) is 16.0. The van der Waals surface area contributed by atoms with Gasteiger partial charge in [0.15, 0.2) is 0 Å². The number of carbonyl (C=O) groups is 1. The minimum absolute atomic E-state index is 0.0700. The van der Waals surface area contributed by atoms with Crippen molar-refractivity contribution < 1.29 is 9.53 Å². The largest absolute Gasteiger partial charge is 0.448 e. The fourth-order valence-electron chi connectivity index (χ4n) is 3.19. The van der Waals surface area contributed by atoms with Gasteiger partial charge < -0.3 is 4.74 Å². The number of rotatable bonds is 3. The third-order valence-electron chi connectivity index (χ3n) is 4.27. The first-order valence-electron chi connectivity index (χ1n) is 7.85. The predicted molar refractivity (Wildman–Crippen MR) is 92.9 cm³/mol. The van der Waals surface area contributed by atoms with E-state index in [9.17, 15) is 4.79 Å². The average Bonchev–Trinajstić information content (AvgIpc) is 2.95. The molecule has 1 heterocycles. The van der Waals surface area contributed by atoms with Gasteiger partial charge in [-0.15, -0.1) is 0 Å². The third kappa shape index (κ3) is 2.63. The molecule has 4 heteroatoms. The van der Waals surface area contributed by atoms with Gasteiger partial charge >= 0.3 is 6.09 Å². The van der Waals surface area contributed by atoms with Crippen LogP contribution < -0.4 is 5.32 Å². The summed E-state index contributed by atoms with van der Waals surface area (Å²) >= 11 is 0. The number of hydrogen-bond acceptors (Lipinski definition) is 3. The highest BCUT2D eigenvalue weighted by molar-refractivity contribution is 5.84. The van der Waals surface area contributed by atoms with E-state index in [1.807, 2.05) is 24.3 Å². The van der Waals surface area contributed by atoms with Crippen LogP contribution in [-0.2, 0) is 4.74 Å². The zero-order valence-electron chi connectivity index (χ0n) is 13.0. The van der Waals surface area contributed by atoms with Crippen LogP contribution in [0.3, 0.4) is 0 Å². The molecule has 1 aliphatic carbocycles. The van der Waals surface area contributed by atoms with Gasteiger partial charge in [0.05, 0.1) is 0 Å². The minimum Gasteiger partial charge on any atom is -0.448 e. The summed E-state index contributed by atoms with van der Waals surface area (Å²) in [5, 5.41) is 2.71. The molecule has 1 aromatic heterocycles. The molecule has 1 N–H and O–H groups in total. The Kier molecular flexibility index (Phi) is 3.71. The normalized spacial score (nSPS) is 12.3. The highest BCUT2D eigenvalue weighted by atomic mass is 16.5. The second kappa shape index (κ2) is 6.16. The Balaban J connectivity index is 1.52. The van der Waals surface area contributed by atoms with Gasteiger partial charge in [0.1, 0.15) is 6.61 Å². The Morgan fingerprint density at radius 2 is 1.50 bits per heavy atom. The molecule has 0 fully saturated rings. The Morgan fingerprint density at radius 3 is 2.12 bits per heavy atom. The molecule has 1 aliphatic rings. The van der Waals surface area contributed by atoms with Crippen molar-refractivity contribution in [3.63, 3.8) is 0 Å². The van der Waals surface area contributed by atoms with Gasteiger partial charge in [0.25, 0.3) is 0 Å². The minimum atomic E-state index is -0.455. The Morgan fingerprint density at radius 1 is 0.917 bits per heavy atom.